The Balaban J connectivity index is 2.46. The fraction of sp³-hybridized carbons (Fsp3) is 0.500. The highest BCUT2D eigenvalue weighted by atomic mass is 16.3. The lowest BCUT2D eigenvalue weighted by atomic mass is 10.1. The molecule has 2 heteroatoms. The average Bonchev–Trinajstić information content (AvgIpc) is 2.19. The van der Waals surface area contributed by atoms with Crippen LogP contribution >= 0.6 is 0 Å². The first-order chi connectivity index (χ1) is 6.74. The monoisotopic (exact) mass is 193 g/mol. The molecule has 14 heavy (non-hydrogen) atoms. The average molecular weight is 193 g/mol. The lowest BCUT2D eigenvalue weighted by Crippen LogP contribution is -2.29. The predicted molar refractivity (Wildman–Crippen MR) is 59.2 cm³/mol. The highest BCUT2D eigenvalue weighted by Gasteiger charge is 2.07. The number of nitrogens with one attached hydrogen (secondary N) is 1. The summed E-state index contributed by atoms with van der Waals surface area (Å²) < 4.78 is 0. The van der Waals surface area contributed by atoms with Crippen LogP contribution in [-0.2, 0) is 0 Å². The van der Waals surface area contributed by atoms with Crippen LogP contribution in [0.25, 0.3) is 0 Å². The zero-order valence-electron chi connectivity index (χ0n) is 8.90. The molecule has 78 valence electrons. The molecule has 2 atom stereocenters. The second-order valence-corrected chi connectivity index (χ2v) is 3.71. The Morgan fingerprint density at radius 2 is 1.86 bits per heavy atom. The van der Waals surface area contributed by atoms with E-state index in [1.165, 1.54) is 5.56 Å². The van der Waals surface area contributed by atoms with Gasteiger partial charge in [-0.25, -0.2) is 0 Å². The third-order valence-corrected chi connectivity index (χ3v) is 2.40. The summed E-state index contributed by atoms with van der Waals surface area (Å²) in [5.41, 5.74) is 1.29. The number of aliphatic hydroxyl groups excluding tert-OH is 1. The van der Waals surface area contributed by atoms with Crippen molar-refractivity contribution in [3.8, 4) is 0 Å². The maximum Gasteiger partial charge on any atom is 0.0445 e. The van der Waals surface area contributed by atoms with Crippen LogP contribution in [0, 0.1) is 0 Å². The van der Waals surface area contributed by atoms with Gasteiger partial charge in [0.15, 0.2) is 0 Å². The van der Waals surface area contributed by atoms with Crippen LogP contribution < -0.4 is 5.32 Å². The molecular weight excluding hydrogens is 174 g/mol. The van der Waals surface area contributed by atoms with Gasteiger partial charge in [-0.05, 0) is 25.8 Å². The first kappa shape index (κ1) is 11.2. The van der Waals surface area contributed by atoms with Crippen molar-refractivity contribution in [2.75, 3.05) is 6.61 Å². The van der Waals surface area contributed by atoms with Gasteiger partial charge in [0.25, 0.3) is 0 Å². The van der Waals surface area contributed by atoms with Gasteiger partial charge in [0, 0.05) is 18.7 Å². The normalized spacial score (nSPS) is 15.1. The molecule has 1 unspecified atom stereocenters. The Morgan fingerprint density at radius 3 is 2.43 bits per heavy atom. The largest absolute Gasteiger partial charge is 0.396 e. The molecular formula is C12H19NO. The number of hydrogen-bond acceptors (Lipinski definition) is 2. The van der Waals surface area contributed by atoms with Crippen molar-refractivity contribution in [2.45, 2.75) is 32.4 Å². The van der Waals surface area contributed by atoms with Crippen molar-refractivity contribution >= 4 is 0 Å². The molecule has 0 bridgehead atoms. The molecule has 1 aromatic carbocycles. The molecule has 0 spiro atoms. The summed E-state index contributed by atoms with van der Waals surface area (Å²) in [5.74, 6) is 0. The van der Waals surface area contributed by atoms with Crippen LogP contribution in [0.4, 0.5) is 0 Å². The molecule has 0 aliphatic carbocycles. The fourth-order valence-electron chi connectivity index (χ4n) is 1.54. The van der Waals surface area contributed by atoms with E-state index >= 15 is 0 Å². The molecule has 0 aliphatic rings. The number of aliphatic hydroxyl groups is 1. The molecule has 2 N–H and O–H groups in total. The minimum atomic E-state index is 0.246. The van der Waals surface area contributed by atoms with E-state index in [4.69, 9.17) is 5.11 Å². The van der Waals surface area contributed by atoms with Crippen LogP contribution in [0.2, 0.25) is 0 Å². The van der Waals surface area contributed by atoms with Gasteiger partial charge in [0.1, 0.15) is 0 Å². The molecule has 2 nitrogen and oxygen atoms in total. The first-order valence-corrected chi connectivity index (χ1v) is 5.16. The van der Waals surface area contributed by atoms with Crippen molar-refractivity contribution in [3.63, 3.8) is 0 Å². The van der Waals surface area contributed by atoms with Crippen molar-refractivity contribution in [1.29, 1.82) is 0 Å². The van der Waals surface area contributed by atoms with Crippen LogP contribution in [0.15, 0.2) is 30.3 Å². The van der Waals surface area contributed by atoms with E-state index in [2.05, 4.69) is 31.3 Å². The van der Waals surface area contributed by atoms with Crippen molar-refractivity contribution in [2.24, 2.45) is 0 Å². The Labute approximate surface area is 86.0 Å². The quantitative estimate of drug-likeness (QED) is 0.750. The molecule has 0 aromatic heterocycles. The van der Waals surface area contributed by atoms with E-state index in [1.54, 1.807) is 0 Å². The first-order valence-electron chi connectivity index (χ1n) is 5.16. The minimum absolute atomic E-state index is 0.246. The lowest BCUT2D eigenvalue weighted by Gasteiger charge is -2.19. The van der Waals surface area contributed by atoms with E-state index in [9.17, 15) is 0 Å². The highest BCUT2D eigenvalue weighted by Crippen LogP contribution is 2.12. The molecule has 0 fully saturated rings. The SMILES string of the molecule is CC(N[C@H](C)CCO)c1ccccc1. The second-order valence-electron chi connectivity index (χ2n) is 3.71. The maximum absolute atomic E-state index is 8.78. The molecule has 0 amide bonds. The number of benzene rings is 1. The van der Waals surface area contributed by atoms with Crippen LogP contribution in [0.1, 0.15) is 31.9 Å². The van der Waals surface area contributed by atoms with Gasteiger partial charge < -0.3 is 10.4 Å². The molecule has 0 radical (unpaired) electrons. The van der Waals surface area contributed by atoms with Crippen LogP contribution in [0.3, 0.4) is 0 Å². The smallest absolute Gasteiger partial charge is 0.0445 e. The Hall–Kier alpha value is -0.860. The number of rotatable bonds is 5. The third-order valence-electron chi connectivity index (χ3n) is 2.40. The van der Waals surface area contributed by atoms with Crippen LogP contribution in [-0.4, -0.2) is 17.8 Å². The summed E-state index contributed by atoms with van der Waals surface area (Å²) in [6, 6.07) is 11.0. The molecule has 0 heterocycles. The van der Waals surface area contributed by atoms with Gasteiger partial charge in [-0.15, -0.1) is 0 Å². The summed E-state index contributed by atoms with van der Waals surface area (Å²) in [6.45, 7) is 4.48. The van der Waals surface area contributed by atoms with Crippen LogP contribution in [0.5, 0.6) is 0 Å². The molecule has 0 aliphatic heterocycles. The molecule has 1 rings (SSSR count). The van der Waals surface area contributed by atoms with E-state index in [1.807, 2.05) is 18.2 Å². The molecule has 1 aromatic rings. The topological polar surface area (TPSA) is 32.3 Å². The summed E-state index contributed by atoms with van der Waals surface area (Å²) in [6.07, 6.45) is 0.803. The standard InChI is InChI=1S/C12H19NO/c1-10(8-9-14)13-11(2)12-6-4-3-5-7-12/h3-7,10-11,13-14H,8-9H2,1-2H3/t10-,11?/m1/s1. The van der Waals surface area contributed by atoms with Gasteiger partial charge in [-0.2, -0.15) is 0 Å². The van der Waals surface area contributed by atoms with Crippen molar-refractivity contribution in [1.82, 2.24) is 5.32 Å². The number of hydrogen-bond donors (Lipinski definition) is 2. The second kappa shape index (κ2) is 5.78. The van der Waals surface area contributed by atoms with Gasteiger partial charge in [0.2, 0.25) is 0 Å². The zero-order valence-corrected chi connectivity index (χ0v) is 8.90. The van der Waals surface area contributed by atoms with Gasteiger partial charge >= 0.3 is 0 Å². The maximum atomic E-state index is 8.78. The zero-order chi connectivity index (χ0) is 10.4. The Bertz CT molecular complexity index is 248. The minimum Gasteiger partial charge on any atom is -0.396 e. The van der Waals surface area contributed by atoms with E-state index in [0.29, 0.717) is 12.1 Å². The fourth-order valence-corrected chi connectivity index (χ4v) is 1.54. The van der Waals surface area contributed by atoms with E-state index < -0.39 is 0 Å². The molecule has 0 saturated heterocycles. The Morgan fingerprint density at radius 1 is 1.21 bits per heavy atom. The Kier molecular flexibility index (Phi) is 4.63. The van der Waals surface area contributed by atoms with Crippen molar-refractivity contribution in [3.05, 3.63) is 35.9 Å². The summed E-state index contributed by atoms with van der Waals surface area (Å²) in [4.78, 5) is 0. The summed E-state index contributed by atoms with van der Waals surface area (Å²) in [7, 11) is 0. The highest BCUT2D eigenvalue weighted by molar-refractivity contribution is 5.18. The van der Waals surface area contributed by atoms with Gasteiger partial charge in [-0.3, -0.25) is 0 Å². The van der Waals surface area contributed by atoms with Crippen molar-refractivity contribution < 1.29 is 5.11 Å². The summed E-state index contributed by atoms with van der Waals surface area (Å²) >= 11 is 0. The third kappa shape index (κ3) is 3.48. The van der Waals surface area contributed by atoms with E-state index in [-0.39, 0.29) is 6.61 Å². The van der Waals surface area contributed by atoms with Gasteiger partial charge in [0.05, 0.1) is 0 Å². The molecule has 0 saturated carbocycles. The van der Waals surface area contributed by atoms with E-state index in [0.717, 1.165) is 6.42 Å². The summed E-state index contributed by atoms with van der Waals surface area (Å²) in [5, 5.41) is 12.2. The predicted octanol–water partition coefficient (Wildman–Crippen LogP) is 2.11. The lowest BCUT2D eigenvalue weighted by molar-refractivity contribution is 0.264. The van der Waals surface area contributed by atoms with Gasteiger partial charge in [-0.1, -0.05) is 30.3 Å².